The molecule has 21 heavy (non-hydrogen) atoms. The van der Waals surface area contributed by atoms with Crippen LogP contribution < -0.4 is 4.90 Å². The summed E-state index contributed by atoms with van der Waals surface area (Å²) in [5.74, 6) is 2.84. The van der Waals surface area contributed by atoms with Gasteiger partial charge in [-0.25, -0.2) is 9.97 Å². The Hall–Kier alpha value is -1.62. The maximum Gasteiger partial charge on any atom is 0.195 e. The van der Waals surface area contributed by atoms with Gasteiger partial charge in [-0.2, -0.15) is 0 Å². The molecule has 4 rings (SSSR count). The fourth-order valence-electron chi connectivity index (χ4n) is 3.47. The Morgan fingerprint density at radius 2 is 2.00 bits per heavy atom. The van der Waals surface area contributed by atoms with Crippen molar-refractivity contribution in [3.63, 3.8) is 0 Å². The molecule has 1 fully saturated rings. The molecule has 1 aliphatic carbocycles. The van der Waals surface area contributed by atoms with Crippen molar-refractivity contribution in [2.45, 2.75) is 26.2 Å². The second-order valence-electron chi connectivity index (χ2n) is 6.52. The summed E-state index contributed by atoms with van der Waals surface area (Å²) in [6, 6.07) is 0. The third-order valence-electron chi connectivity index (χ3n) is 4.85. The first-order valence-electron chi connectivity index (χ1n) is 7.91. The second kappa shape index (κ2) is 4.98. The molecule has 0 spiro atoms. The first-order valence-corrected chi connectivity index (χ1v) is 7.91. The lowest BCUT2D eigenvalue weighted by atomic mass is 9.89. The Kier molecular flexibility index (Phi) is 3.10. The molecule has 1 saturated heterocycles. The maximum atomic E-state index is 6.17. The molecule has 5 heteroatoms. The number of anilines is 1. The van der Waals surface area contributed by atoms with E-state index in [1.54, 1.807) is 6.33 Å². The van der Waals surface area contributed by atoms with Gasteiger partial charge < -0.3 is 14.2 Å². The SMILES string of the molecule is CC1CCc2oc3c(N4CCN(C)CC4)ncnc3c2C1. The van der Waals surface area contributed by atoms with E-state index >= 15 is 0 Å². The lowest BCUT2D eigenvalue weighted by Crippen LogP contribution is -2.44. The van der Waals surface area contributed by atoms with Gasteiger partial charge in [0.1, 0.15) is 17.6 Å². The average molecular weight is 286 g/mol. The molecule has 5 nitrogen and oxygen atoms in total. The summed E-state index contributed by atoms with van der Waals surface area (Å²) in [6.45, 7) is 6.46. The van der Waals surface area contributed by atoms with Crippen LogP contribution in [0.3, 0.4) is 0 Å². The number of furan rings is 1. The van der Waals surface area contributed by atoms with Crippen molar-refractivity contribution in [2.75, 3.05) is 38.1 Å². The van der Waals surface area contributed by atoms with Gasteiger partial charge in [0.2, 0.25) is 0 Å². The van der Waals surface area contributed by atoms with Gasteiger partial charge in [0.25, 0.3) is 0 Å². The fourth-order valence-corrected chi connectivity index (χ4v) is 3.47. The number of hydrogen-bond acceptors (Lipinski definition) is 5. The number of likely N-dealkylation sites (N-methyl/N-ethyl adjacent to an activating group) is 1. The highest BCUT2D eigenvalue weighted by molar-refractivity contribution is 5.87. The summed E-state index contributed by atoms with van der Waals surface area (Å²) in [5.41, 5.74) is 3.27. The first-order chi connectivity index (χ1) is 10.2. The van der Waals surface area contributed by atoms with Gasteiger partial charge in [-0.1, -0.05) is 6.92 Å². The van der Waals surface area contributed by atoms with Gasteiger partial charge in [-0.15, -0.1) is 0 Å². The van der Waals surface area contributed by atoms with E-state index < -0.39 is 0 Å². The van der Waals surface area contributed by atoms with E-state index in [9.17, 15) is 0 Å². The van der Waals surface area contributed by atoms with E-state index in [1.165, 1.54) is 12.0 Å². The van der Waals surface area contributed by atoms with Crippen molar-refractivity contribution in [1.29, 1.82) is 0 Å². The normalized spacial score (nSPS) is 23.5. The van der Waals surface area contributed by atoms with Crippen LogP contribution in [0.5, 0.6) is 0 Å². The number of piperazine rings is 1. The molecule has 2 aromatic heterocycles. The molecule has 0 bridgehead atoms. The zero-order valence-electron chi connectivity index (χ0n) is 12.8. The molecule has 0 aromatic carbocycles. The molecule has 0 radical (unpaired) electrons. The Morgan fingerprint density at radius 3 is 2.81 bits per heavy atom. The van der Waals surface area contributed by atoms with Gasteiger partial charge in [0.05, 0.1) is 0 Å². The highest BCUT2D eigenvalue weighted by Crippen LogP contribution is 2.36. The summed E-state index contributed by atoms with van der Waals surface area (Å²) in [5, 5.41) is 0. The minimum Gasteiger partial charge on any atom is -0.455 e. The van der Waals surface area contributed by atoms with Crippen LogP contribution in [0, 0.1) is 5.92 Å². The maximum absolute atomic E-state index is 6.17. The summed E-state index contributed by atoms with van der Waals surface area (Å²) in [4.78, 5) is 13.7. The van der Waals surface area contributed by atoms with Gasteiger partial charge >= 0.3 is 0 Å². The van der Waals surface area contributed by atoms with E-state index in [1.807, 2.05) is 0 Å². The second-order valence-corrected chi connectivity index (χ2v) is 6.52. The Morgan fingerprint density at radius 1 is 1.19 bits per heavy atom. The molecule has 0 saturated carbocycles. The first kappa shape index (κ1) is 13.1. The molecule has 0 N–H and O–H groups in total. The molecule has 112 valence electrons. The minimum absolute atomic E-state index is 0.723. The Bertz CT molecular complexity index is 658. The summed E-state index contributed by atoms with van der Waals surface area (Å²) in [6.07, 6.45) is 5.03. The van der Waals surface area contributed by atoms with Crippen LogP contribution in [0.2, 0.25) is 0 Å². The zero-order valence-corrected chi connectivity index (χ0v) is 12.8. The summed E-state index contributed by atoms with van der Waals surface area (Å²) >= 11 is 0. The molecule has 2 aromatic rings. The largest absolute Gasteiger partial charge is 0.455 e. The van der Waals surface area contributed by atoms with Gasteiger partial charge in [-0.3, -0.25) is 0 Å². The average Bonchev–Trinajstić information content (AvgIpc) is 2.86. The lowest BCUT2D eigenvalue weighted by molar-refractivity contribution is 0.312. The third kappa shape index (κ3) is 2.20. The van der Waals surface area contributed by atoms with Crippen LogP contribution >= 0.6 is 0 Å². The van der Waals surface area contributed by atoms with E-state index in [0.29, 0.717) is 0 Å². The molecule has 1 aliphatic heterocycles. The highest BCUT2D eigenvalue weighted by atomic mass is 16.3. The van der Waals surface area contributed by atoms with E-state index in [0.717, 1.165) is 67.6 Å². The molecule has 1 atom stereocenters. The van der Waals surface area contributed by atoms with Crippen LogP contribution in [-0.4, -0.2) is 48.1 Å². The number of hydrogen-bond donors (Lipinski definition) is 0. The van der Waals surface area contributed by atoms with Crippen molar-refractivity contribution < 1.29 is 4.42 Å². The van der Waals surface area contributed by atoms with Crippen molar-refractivity contribution in [3.05, 3.63) is 17.7 Å². The molecule has 1 unspecified atom stereocenters. The quantitative estimate of drug-likeness (QED) is 0.803. The number of rotatable bonds is 1. The summed E-state index contributed by atoms with van der Waals surface area (Å²) < 4.78 is 6.17. The van der Waals surface area contributed by atoms with Crippen LogP contribution in [0.1, 0.15) is 24.7 Å². The lowest BCUT2D eigenvalue weighted by Gasteiger charge is -2.32. The number of nitrogens with zero attached hydrogens (tertiary/aromatic N) is 4. The molecular weight excluding hydrogens is 264 g/mol. The predicted molar refractivity (Wildman–Crippen MR) is 82.7 cm³/mol. The predicted octanol–water partition coefficient (Wildman–Crippen LogP) is 2.10. The highest BCUT2D eigenvalue weighted by Gasteiger charge is 2.26. The van der Waals surface area contributed by atoms with E-state index in [4.69, 9.17) is 4.42 Å². The van der Waals surface area contributed by atoms with Crippen LogP contribution in [-0.2, 0) is 12.8 Å². The van der Waals surface area contributed by atoms with Gasteiger partial charge in [-0.05, 0) is 25.8 Å². The van der Waals surface area contributed by atoms with Crippen molar-refractivity contribution in [1.82, 2.24) is 14.9 Å². The smallest absolute Gasteiger partial charge is 0.195 e. The molecule has 0 amide bonds. The van der Waals surface area contributed by atoms with Crippen molar-refractivity contribution >= 4 is 16.9 Å². The molecule has 3 heterocycles. The van der Waals surface area contributed by atoms with Gasteiger partial charge in [0, 0.05) is 38.2 Å². The van der Waals surface area contributed by atoms with Gasteiger partial charge in [0.15, 0.2) is 11.4 Å². The van der Waals surface area contributed by atoms with Crippen molar-refractivity contribution in [3.8, 4) is 0 Å². The fraction of sp³-hybridized carbons (Fsp3) is 0.625. The van der Waals surface area contributed by atoms with E-state index in [-0.39, 0.29) is 0 Å². The number of aryl methyl sites for hydroxylation is 1. The zero-order chi connectivity index (χ0) is 14.4. The van der Waals surface area contributed by atoms with Crippen molar-refractivity contribution in [2.24, 2.45) is 5.92 Å². The summed E-state index contributed by atoms with van der Waals surface area (Å²) in [7, 11) is 2.17. The van der Waals surface area contributed by atoms with Crippen LogP contribution in [0.15, 0.2) is 10.7 Å². The number of aromatic nitrogens is 2. The molecule has 2 aliphatic rings. The minimum atomic E-state index is 0.723. The molecular formula is C16H22N4O. The van der Waals surface area contributed by atoms with Crippen LogP contribution in [0.4, 0.5) is 5.82 Å². The third-order valence-corrected chi connectivity index (χ3v) is 4.85. The monoisotopic (exact) mass is 286 g/mol. The van der Waals surface area contributed by atoms with E-state index in [2.05, 4.69) is 33.7 Å². The standard InChI is InChI=1S/C16H22N4O/c1-11-3-4-13-12(9-11)14-15(21-13)16(18-10-17-14)20-7-5-19(2)6-8-20/h10-11H,3-9H2,1-2H3. The topological polar surface area (TPSA) is 45.4 Å². The number of fused-ring (bicyclic) bond motifs is 3. The van der Waals surface area contributed by atoms with Crippen LogP contribution in [0.25, 0.3) is 11.1 Å². The Labute approximate surface area is 125 Å². The Balaban J connectivity index is 1.77.